The number of methoxy groups -OCH3 is 4. The van der Waals surface area contributed by atoms with E-state index in [1.54, 1.807) is 50.2 Å². The molecule has 4 aromatic rings. The smallest absolute Gasteiger partial charge is 0.341 e. The first-order valence-electron chi connectivity index (χ1n) is 19.8. The first kappa shape index (κ1) is 51.4. The molecule has 4 rings (SSSR count). The minimum atomic E-state index is -2.28. The maximum atomic E-state index is 14.5. The Kier molecular flexibility index (Phi) is 18.4. The van der Waals surface area contributed by atoms with Crippen LogP contribution in [0.1, 0.15) is 62.3 Å². The average Bonchev–Trinajstić information content (AvgIpc) is 3.89. The zero-order valence-corrected chi connectivity index (χ0v) is 39.1. The fourth-order valence-electron chi connectivity index (χ4n) is 6.39. The Morgan fingerprint density at radius 3 is 1.12 bits per heavy atom. The highest BCUT2D eigenvalue weighted by Gasteiger charge is 2.49. The van der Waals surface area contributed by atoms with Gasteiger partial charge in [0.15, 0.2) is 35.2 Å². The lowest BCUT2D eigenvalue weighted by Gasteiger charge is -2.34. The molecule has 4 atom stereocenters. The Labute approximate surface area is 386 Å². The molecule has 0 aliphatic carbocycles. The normalized spacial score (nSPS) is 12.5. The number of amides is 2. The van der Waals surface area contributed by atoms with Gasteiger partial charge in [0.2, 0.25) is 12.2 Å². The number of rotatable bonds is 21. The second-order valence-electron chi connectivity index (χ2n) is 13.5. The summed E-state index contributed by atoms with van der Waals surface area (Å²) in [6, 6.07) is 9.61. The molecule has 2 aromatic carbocycles. The average molecular weight is 957 g/mol. The number of ether oxygens (including phenoxy) is 10. The Balaban J connectivity index is 1.85. The summed E-state index contributed by atoms with van der Waals surface area (Å²) in [5.41, 5.74) is 1.18. The van der Waals surface area contributed by atoms with Crippen LogP contribution in [0.3, 0.4) is 0 Å². The number of thiophene rings is 2. The van der Waals surface area contributed by atoms with Crippen LogP contribution in [0.5, 0.6) is 23.0 Å². The van der Waals surface area contributed by atoms with Gasteiger partial charge in [-0.1, -0.05) is 12.1 Å². The van der Waals surface area contributed by atoms with E-state index in [-0.39, 0.29) is 45.5 Å². The largest absolute Gasteiger partial charge is 0.493 e. The molecule has 354 valence electrons. The Hall–Kier alpha value is -7.20. The van der Waals surface area contributed by atoms with Crippen molar-refractivity contribution in [3.05, 3.63) is 58.3 Å². The molecule has 4 unspecified atom stereocenters. The van der Waals surface area contributed by atoms with Gasteiger partial charge in [0.05, 0.1) is 41.7 Å². The molecule has 2 heterocycles. The number of esters is 6. The monoisotopic (exact) mass is 956 g/mol. The van der Waals surface area contributed by atoms with E-state index in [0.29, 0.717) is 34.1 Å². The molecule has 2 aromatic heterocycles. The van der Waals surface area contributed by atoms with Gasteiger partial charge in [-0.3, -0.25) is 28.8 Å². The van der Waals surface area contributed by atoms with Crippen LogP contribution in [0.15, 0.2) is 47.2 Å². The van der Waals surface area contributed by atoms with Gasteiger partial charge in [0, 0.05) is 49.6 Å². The maximum Gasteiger partial charge on any atom is 0.341 e. The van der Waals surface area contributed by atoms with Gasteiger partial charge in [0.25, 0.3) is 11.8 Å². The minimum absolute atomic E-state index is 0.0635. The fourth-order valence-corrected chi connectivity index (χ4v) is 8.31. The molecular weight excluding hydrogens is 909 g/mol. The molecule has 0 radical (unpaired) electrons. The van der Waals surface area contributed by atoms with Crippen LogP contribution in [0.2, 0.25) is 0 Å². The van der Waals surface area contributed by atoms with Gasteiger partial charge >= 0.3 is 35.8 Å². The Morgan fingerprint density at radius 1 is 0.500 bits per heavy atom. The third kappa shape index (κ3) is 12.5. The van der Waals surface area contributed by atoms with Crippen molar-refractivity contribution in [3.8, 4) is 45.3 Å². The number of nitrogens with one attached hydrogen (secondary N) is 2. The highest BCUT2D eigenvalue weighted by molar-refractivity contribution is 7.15. The van der Waals surface area contributed by atoms with E-state index in [0.717, 1.165) is 50.4 Å². The zero-order valence-electron chi connectivity index (χ0n) is 37.5. The van der Waals surface area contributed by atoms with Crippen molar-refractivity contribution in [3.63, 3.8) is 0 Å². The van der Waals surface area contributed by atoms with E-state index in [1.165, 1.54) is 39.2 Å². The molecule has 2 amide bonds. The second kappa shape index (κ2) is 23.6. The molecule has 0 bridgehead atoms. The molecule has 20 nitrogen and oxygen atoms in total. The standard InChI is InChI=1S/C44H48N2O18S2/c1-11-59-43(53)33-27(25-13-15-29(55-7)31(17-25)57-9)19-65-41(33)45-39(51)37(63-23(5)49)35(61-21(3)47)36(62-22(4)48)38(64-24(6)50)40(52)46-42-34(44(54)60-12-2)28(20-66-42)26-14-16-30(56-8)32(18-26)58-10/h13-20,35-38H,11-12H2,1-10H3,(H,45,51)(H,46,52). The molecule has 0 aliphatic heterocycles. The van der Waals surface area contributed by atoms with Gasteiger partial charge in [0.1, 0.15) is 21.1 Å². The summed E-state index contributed by atoms with van der Waals surface area (Å²) < 4.78 is 54.0. The van der Waals surface area contributed by atoms with E-state index < -0.39 is 72.0 Å². The van der Waals surface area contributed by atoms with Crippen molar-refractivity contribution >= 4 is 80.3 Å². The lowest BCUT2D eigenvalue weighted by molar-refractivity contribution is -0.198. The maximum absolute atomic E-state index is 14.5. The summed E-state index contributed by atoms with van der Waals surface area (Å²) in [5.74, 6) is -7.35. The molecule has 2 N–H and O–H groups in total. The van der Waals surface area contributed by atoms with E-state index in [9.17, 15) is 38.4 Å². The number of carbonyl (C=O) groups excluding carboxylic acids is 8. The van der Waals surface area contributed by atoms with Crippen molar-refractivity contribution in [2.75, 3.05) is 52.3 Å². The topological polar surface area (TPSA) is 253 Å². The molecule has 22 heteroatoms. The Morgan fingerprint density at radius 2 is 0.833 bits per heavy atom. The van der Waals surface area contributed by atoms with Gasteiger partial charge in [-0.25, -0.2) is 9.59 Å². The third-order valence-corrected chi connectivity index (χ3v) is 10.8. The van der Waals surface area contributed by atoms with Crippen LogP contribution >= 0.6 is 22.7 Å². The molecule has 0 spiro atoms. The third-order valence-electron chi connectivity index (χ3n) is 9.03. The molecular formula is C44H48N2O18S2. The van der Waals surface area contributed by atoms with Crippen molar-refractivity contribution in [1.29, 1.82) is 0 Å². The summed E-state index contributed by atoms with van der Waals surface area (Å²) in [6.07, 6.45) is -9.04. The number of anilines is 2. The first-order valence-corrected chi connectivity index (χ1v) is 21.5. The van der Waals surface area contributed by atoms with E-state index in [4.69, 9.17) is 47.4 Å². The summed E-state index contributed by atoms with van der Waals surface area (Å²) in [7, 11) is 5.72. The van der Waals surface area contributed by atoms with Gasteiger partial charge in [-0.05, 0) is 49.2 Å². The summed E-state index contributed by atoms with van der Waals surface area (Å²) in [6.45, 7) is 6.64. The Bertz CT molecular complexity index is 2290. The molecule has 0 saturated heterocycles. The van der Waals surface area contributed by atoms with Crippen LogP contribution < -0.4 is 29.6 Å². The van der Waals surface area contributed by atoms with Crippen molar-refractivity contribution in [2.45, 2.75) is 66.0 Å². The van der Waals surface area contributed by atoms with Crippen molar-refractivity contribution in [1.82, 2.24) is 0 Å². The summed E-state index contributed by atoms with van der Waals surface area (Å²) >= 11 is 1.74. The van der Waals surface area contributed by atoms with Crippen molar-refractivity contribution < 1.29 is 85.7 Å². The van der Waals surface area contributed by atoms with Crippen LogP contribution in [0, 0.1) is 0 Å². The first-order chi connectivity index (χ1) is 31.4. The highest BCUT2D eigenvalue weighted by atomic mass is 32.1. The molecule has 0 aliphatic rings. The predicted octanol–water partition coefficient (Wildman–Crippen LogP) is 5.84. The van der Waals surface area contributed by atoms with Crippen LogP contribution in [0.25, 0.3) is 22.3 Å². The second-order valence-corrected chi connectivity index (χ2v) is 15.2. The number of carbonyl (C=O) groups is 8. The SMILES string of the molecule is CCOC(=O)c1c(-c2ccc(OC)c(OC)c2)csc1NC(=O)C(OC(C)=O)C(OC(C)=O)C(OC(C)=O)C(OC(C)=O)C(=O)Nc1scc(-c2ccc(OC)c(OC)c2)c1C(=O)OCC. The zero-order chi connectivity index (χ0) is 48.8. The van der Waals surface area contributed by atoms with Gasteiger partial charge in [-0.2, -0.15) is 0 Å². The molecule has 66 heavy (non-hydrogen) atoms. The molecule has 0 fully saturated rings. The van der Waals surface area contributed by atoms with Crippen molar-refractivity contribution in [2.24, 2.45) is 0 Å². The fraction of sp³-hybridized carbons (Fsp3) is 0.364. The van der Waals surface area contributed by atoms with Gasteiger partial charge in [-0.15, -0.1) is 22.7 Å². The lowest BCUT2D eigenvalue weighted by Crippen LogP contribution is -2.57. The molecule has 0 saturated carbocycles. The predicted molar refractivity (Wildman–Crippen MR) is 237 cm³/mol. The number of benzene rings is 2. The van der Waals surface area contributed by atoms with E-state index >= 15 is 0 Å². The van der Waals surface area contributed by atoms with Gasteiger partial charge < -0.3 is 58.0 Å². The summed E-state index contributed by atoms with van der Waals surface area (Å²) in [4.78, 5) is 107. The minimum Gasteiger partial charge on any atom is -0.493 e. The van der Waals surface area contributed by atoms with E-state index in [1.807, 2.05) is 0 Å². The lowest BCUT2D eigenvalue weighted by atomic mass is 9.99. The number of hydrogen-bond donors (Lipinski definition) is 2. The summed E-state index contributed by atoms with van der Waals surface area (Å²) in [5, 5.41) is 7.82. The van der Waals surface area contributed by atoms with Crippen LogP contribution in [0.4, 0.5) is 10.0 Å². The number of hydrogen-bond acceptors (Lipinski definition) is 20. The van der Waals surface area contributed by atoms with Crippen LogP contribution in [-0.2, 0) is 57.2 Å². The highest BCUT2D eigenvalue weighted by Crippen LogP contribution is 2.42. The van der Waals surface area contributed by atoms with Crippen LogP contribution in [-0.4, -0.2) is 114 Å². The quantitative estimate of drug-likeness (QED) is 0.0735. The van der Waals surface area contributed by atoms with E-state index in [2.05, 4.69) is 10.6 Å².